The van der Waals surface area contributed by atoms with Gasteiger partial charge in [-0.2, -0.15) is 0 Å². The highest BCUT2D eigenvalue weighted by atomic mass is 32.2. The first-order valence-corrected chi connectivity index (χ1v) is 9.91. The molecule has 132 valence electrons. The Morgan fingerprint density at radius 3 is 2.75 bits per heavy atom. The second kappa shape index (κ2) is 8.15. The van der Waals surface area contributed by atoms with Gasteiger partial charge in [-0.1, -0.05) is 25.7 Å². The van der Waals surface area contributed by atoms with Gasteiger partial charge < -0.3 is 14.4 Å². The molecule has 5 heteroatoms. The van der Waals surface area contributed by atoms with Gasteiger partial charge in [-0.3, -0.25) is 4.79 Å². The standard InChI is InChI=1S/C19H27NO3S/c1-22-15-8-9-17(23-2)16(13-15)19-20(11-12-24-19)18(21)10-7-14-5-3-4-6-14/h8-9,13-14,19H,3-7,10-12H2,1-2H3/t19-/m0/s1. The maximum absolute atomic E-state index is 12.8. The van der Waals surface area contributed by atoms with Gasteiger partial charge in [-0.05, 0) is 30.5 Å². The van der Waals surface area contributed by atoms with Crippen LogP contribution in [0.4, 0.5) is 0 Å². The van der Waals surface area contributed by atoms with Gasteiger partial charge in [0.25, 0.3) is 0 Å². The molecule has 4 nitrogen and oxygen atoms in total. The van der Waals surface area contributed by atoms with Gasteiger partial charge in [0.05, 0.1) is 14.2 Å². The summed E-state index contributed by atoms with van der Waals surface area (Å²) < 4.78 is 10.9. The fourth-order valence-electron chi connectivity index (χ4n) is 3.79. The zero-order valence-corrected chi connectivity index (χ0v) is 15.4. The lowest BCUT2D eigenvalue weighted by Crippen LogP contribution is -2.30. The van der Waals surface area contributed by atoms with Crippen LogP contribution >= 0.6 is 11.8 Å². The van der Waals surface area contributed by atoms with Crippen molar-refractivity contribution in [3.63, 3.8) is 0 Å². The Balaban J connectivity index is 1.71. The van der Waals surface area contributed by atoms with Crippen molar-refractivity contribution in [1.29, 1.82) is 0 Å². The van der Waals surface area contributed by atoms with Crippen LogP contribution in [0, 0.1) is 5.92 Å². The number of amides is 1. The van der Waals surface area contributed by atoms with E-state index in [1.807, 2.05) is 34.9 Å². The molecule has 0 bridgehead atoms. The van der Waals surface area contributed by atoms with E-state index in [1.165, 1.54) is 25.7 Å². The van der Waals surface area contributed by atoms with E-state index in [2.05, 4.69) is 0 Å². The summed E-state index contributed by atoms with van der Waals surface area (Å²) in [6.45, 7) is 0.819. The van der Waals surface area contributed by atoms with Crippen LogP contribution in [0.25, 0.3) is 0 Å². The van der Waals surface area contributed by atoms with Crippen molar-refractivity contribution in [2.75, 3.05) is 26.5 Å². The predicted octanol–water partition coefficient (Wildman–Crippen LogP) is 4.25. The Kier molecular flexibility index (Phi) is 5.93. The molecule has 1 aliphatic carbocycles. The van der Waals surface area contributed by atoms with Crippen molar-refractivity contribution in [2.24, 2.45) is 5.92 Å². The number of ether oxygens (including phenoxy) is 2. The van der Waals surface area contributed by atoms with Gasteiger partial charge in [0.15, 0.2) is 0 Å². The molecule has 1 atom stereocenters. The van der Waals surface area contributed by atoms with Crippen LogP contribution in [-0.4, -0.2) is 37.3 Å². The van der Waals surface area contributed by atoms with Crippen molar-refractivity contribution in [3.8, 4) is 11.5 Å². The van der Waals surface area contributed by atoms with Crippen molar-refractivity contribution in [1.82, 2.24) is 4.90 Å². The first-order valence-electron chi connectivity index (χ1n) is 8.86. The summed E-state index contributed by atoms with van der Waals surface area (Å²) in [6, 6.07) is 5.82. The van der Waals surface area contributed by atoms with E-state index < -0.39 is 0 Å². The van der Waals surface area contributed by atoms with Crippen molar-refractivity contribution in [3.05, 3.63) is 23.8 Å². The van der Waals surface area contributed by atoms with Crippen LogP contribution < -0.4 is 9.47 Å². The van der Waals surface area contributed by atoms with Gasteiger partial charge in [-0.25, -0.2) is 0 Å². The molecule has 24 heavy (non-hydrogen) atoms. The fraction of sp³-hybridized carbons (Fsp3) is 0.632. The summed E-state index contributed by atoms with van der Waals surface area (Å²) in [5.74, 6) is 3.64. The Bertz CT molecular complexity index is 572. The fourth-order valence-corrected chi connectivity index (χ4v) is 5.08. The van der Waals surface area contributed by atoms with E-state index in [-0.39, 0.29) is 11.3 Å². The molecular formula is C19H27NO3S. The minimum atomic E-state index is 0.0335. The predicted molar refractivity (Wildman–Crippen MR) is 97.7 cm³/mol. The topological polar surface area (TPSA) is 38.8 Å². The summed E-state index contributed by atoms with van der Waals surface area (Å²) in [6.07, 6.45) is 6.99. The highest BCUT2D eigenvalue weighted by Crippen LogP contribution is 2.43. The maximum atomic E-state index is 12.8. The van der Waals surface area contributed by atoms with E-state index in [4.69, 9.17) is 9.47 Å². The number of hydrogen-bond donors (Lipinski definition) is 0. The Morgan fingerprint density at radius 2 is 2.04 bits per heavy atom. The number of carbonyl (C=O) groups excluding carboxylic acids is 1. The number of hydrogen-bond acceptors (Lipinski definition) is 4. The Labute approximate surface area is 148 Å². The van der Waals surface area contributed by atoms with Crippen LogP contribution in [-0.2, 0) is 4.79 Å². The number of benzene rings is 1. The molecule has 0 spiro atoms. The number of nitrogens with zero attached hydrogens (tertiary/aromatic N) is 1. The molecule has 0 unspecified atom stereocenters. The molecule has 1 heterocycles. The summed E-state index contributed by atoms with van der Waals surface area (Å²) in [5.41, 5.74) is 1.04. The second-order valence-electron chi connectivity index (χ2n) is 6.61. The molecule has 0 N–H and O–H groups in total. The third kappa shape index (κ3) is 3.82. The van der Waals surface area contributed by atoms with E-state index in [9.17, 15) is 4.79 Å². The Hall–Kier alpha value is -1.36. The molecule has 1 aromatic carbocycles. The van der Waals surface area contributed by atoms with E-state index >= 15 is 0 Å². The smallest absolute Gasteiger partial charge is 0.223 e. The van der Waals surface area contributed by atoms with Crippen LogP contribution in [0.15, 0.2) is 18.2 Å². The first kappa shape index (κ1) is 17.5. The van der Waals surface area contributed by atoms with Crippen molar-refractivity contribution < 1.29 is 14.3 Å². The number of methoxy groups -OCH3 is 2. The summed E-state index contributed by atoms with van der Waals surface area (Å²) in [7, 11) is 3.34. The SMILES string of the molecule is COc1ccc(OC)c([C@@H]2SCCN2C(=O)CCC2CCCC2)c1. The van der Waals surface area contributed by atoms with Gasteiger partial charge in [-0.15, -0.1) is 11.8 Å². The molecule has 2 fully saturated rings. The van der Waals surface area contributed by atoms with E-state index in [0.29, 0.717) is 6.42 Å². The highest BCUT2D eigenvalue weighted by molar-refractivity contribution is 7.99. The quantitative estimate of drug-likeness (QED) is 0.770. The summed E-state index contributed by atoms with van der Waals surface area (Å²) in [4.78, 5) is 14.8. The zero-order chi connectivity index (χ0) is 16.9. The second-order valence-corrected chi connectivity index (χ2v) is 7.80. The molecule has 2 aliphatic rings. The van der Waals surface area contributed by atoms with Gasteiger partial charge in [0, 0.05) is 24.3 Å². The van der Waals surface area contributed by atoms with Crippen molar-refractivity contribution in [2.45, 2.75) is 43.9 Å². The average Bonchev–Trinajstić information content (AvgIpc) is 3.30. The lowest BCUT2D eigenvalue weighted by molar-refractivity contribution is -0.131. The average molecular weight is 349 g/mol. The zero-order valence-electron chi connectivity index (χ0n) is 14.6. The molecule has 0 aromatic heterocycles. The molecular weight excluding hydrogens is 322 g/mol. The summed E-state index contributed by atoms with van der Waals surface area (Å²) >= 11 is 1.81. The molecule has 0 radical (unpaired) electrons. The maximum Gasteiger partial charge on any atom is 0.223 e. The minimum Gasteiger partial charge on any atom is -0.497 e. The van der Waals surface area contributed by atoms with Crippen molar-refractivity contribution >= 4 is 17.7 Å². The third-order valence-electron chi connectivity index (χ3n) is 5.16. The van der Waals surface area contributed by atoms with E-state index in [0.717, 1.165) is 41.7 Å². The number of rotatable bonds is 6. The van der Waals surface area contributed by atoms with Crippen LogP contribution in [0.3, 0.4) is 0 Å². The minimum absolute atomic E-state index is 0.0335. The van der Waals surface area contributed by atoms with E-state index in [1.54, 1.807) is 14.2 Å². The molecule has 1 aromatic rings. The number of carbonyl (C=O) groups is 1. The third-order valence-corrected chi connectivity index (χ3v) is 6.40. The number of thioether (sulfide) groups is 1. The highest BCUT2D eigenvalue weighted by Gasteiger charge is 2.33. The monoisotopic (exact) mass is 349 g/mol. The van der Waals surface area contributed by atoms with Gasteiger partial charge in [0.1, 0.15) is 16.9 Å². The van der Waals surface area contributed by atoms with Crippen LogP contribution in [0.5, 0.6) is 11.5 Å². The van der Waals surface area contributed by atoms with Crippen LogP contribution in [0.1, 0.15) is 49.5 Å². The lowest BCUT2D eigenvalue weighted by Gasteiger charge is -2.26. The Morgan fingerprint density at radius 1 is 1.25 bits per heavy atom. The molecule has 1 saturated carbocycles. The molecule has 1 amide bonds. The molecule has 1 saturated heterocycles. The normalized spacial score (nSPS) is 21.2. The molecule has 1 aliphatic heterocycles. The largest absolute Gasteiger partial charge is 0.497 e. The van der Waals surface area contributed by atoms with Crippen LogP contribution in [0.2, 0.25) is 0 Å². The lowest BCUT2D eigenvalue weighted by atomic mass is 10.0. The first-order chi connectivity index (χ1) is 11.7. The van der Waals surface area contributed by atoms with Gasteiger partial charge in [0.2, 0.25) is 5.91 Å². The molecule has 3 rings (SSSR count). The van der Waals surface area contributed by atoms with Gasteiger partial charge >= 0.3 is 0 Å². The summed E-state index contributed by atoms with van der Waals surface area (Å²) in [5, 5.41) is 0.0335.